The molecular weight excluding hydrogens is 471 g/mol. The number of nitrogens with zero attached hydrogens (tertiary/aromatic N) is 1. The van der Waals surface area contributed by atoms with Crippen LogP contribution in [0.5, 0.6) is 0 Å². The molecule has 0 aliphatic heterocycles. The van der Waals surface area contributed by atoms with Crippen molar-refractivity contribution in [2.24, 2.45) is 0 Å². The van der Waals surface area contributed by atoms with E-state index >= 15 is 0 Å². The summed E-state index contributed by atoms with van der Waals surface area (Å²) in [6.45, 7) is 0.411. The Bertz CT molecular complexity index is 690. The monoisotopic (exact) mass is 480 g/mol. The van der Waals surface area contributed by atoms with Gasteiger partial charge >= 0.3 is 5.97 Å². The summed E-state index contributed by atoms with van der Waals surface area (Å²) in [7, 11) is 0. The van der Waals surface area contributed by atoms with Crippen LogP contribution >= 0.6 is 49.9 Å². The van der Waals surface area contributed by atoms with Gasteiger partial charge in [0.15, 0.2) is 5.69 Å². The van der Waals surface area contributed by atoms with Crippen molar-refractivity contribution in [2.75, 3.05) is 6.54 Å². The molecule has 0 saturated heterocycles. The van der Waals surface area contributed by atoms with Crippen LogP contribution in [0, 0.1) is 3.57 Å². The minimum absolute atomic E-state index is 0.0443. The molecule has 0 aliphatic carbocycles. The summed E-state index contributed by atoms with van der Waals surface area (Å²) in [5.41, 5.74) is 0.651. The minimum Gasteiger partial charge on any atom is -0.476 e. The summed E-state index contributed by atoms with van der Waals surface area (Å²) in [5, 5.41) is 13.8. The molecule has 110 valence electrons. The van der Waals surface area contributed by atoms with Crippen molar-refractivity contribution in [1.29, 1.82) is 0 Å². The summed E-state index contributed by atoms with van der Waals surface area (Å²) >= 11 is 6.73. The van der Waals surface area contributed by atoms with E-state index in [4.69, 9.17) is 5.11 Å². The third-order valence-corrected chi connectivity index (χ3v) is 4.91. The lowest BCUT2D eigenvalue weighted by molar-refractivity contribution is 0.0690. The number of nitrogens with one attached hydrogen (secondary N) is 1. The standard InChI is InChI=1S/C13H10BrIN2O3S/c14-7-1-2-9(15)8(5-7)12(18)16-4-3-11-17-10(6-21-11)13(19)20/h1-2,5-6H,3-4H2,(H,16,18)(H,19,20). The molecule has 0 radical (unpaired) electrons. The molecular formula is C13H10BrIN2O3S. The van der Waals surface area contributed by atoms with Gasteiger partial charge in [-0.1, -0.05) is 15.9 Å². The number of carboxylic acids is 1. The fourth-order valence-corrected chi connectivity index (χ4v) is 3.29. The molecule has 0 saturated carbocycles. The zero-order valence-corrected chi connectivity index (χ0v) is 15.2. The number of amides is 1. The first-order valence-electron chi connectivity index (χ1n) is 5.88. The van der Waals surface area contributed by atoms with Gasteiger partial charge in [-0.25, -0.2) is 9.78 Å². The SMILES string of the molecule is O=C(O)c1csc(CCNC(=O)c2cc(Br)ccc2I)n1. The first kappa shape index (κ1) is 16.4. The van der Waals surface area contributed by atoms with Crippen LogP contribution in [0.2, 0.25) is 0 Å². The maximum absolute atomic E-state index is 12.1. The van der Waals surface area contributed by atoms with E-state index in [1.165, 1.54) is 16.7 Å². The van der Waals surface area contributed by atoms with Crippen LogP contribution in [0.1, 0.15) is 25.9 Å². The van der Waals surface area contributed by atoms with Crippen molar-refractivity contribution in [3.05, 3.63) is 47.9 Å². The smallest absolute Gasteiger partial charge is 0.355 e. The molecule has 5 nitrogen and oxygen atoms in total. The lowest BCUT2D eigenvalue weighted by Gasteiger charge is -2.06. The second-order valence-electron chi connectivity index (χ2n) is 4.06. The predicted molar refractivity (Wildman–Crippen MR) is 92.0 cm³/mol. The fourth-order valence-electron chi connectivity index (χ4n) is 1.57. The largest absolute Gasteiger partial charge is 0.476 e. The highest BCUT2D eigenvalue weighted by molar-refractivity contribution is 14.1. The molecule has 0 unspecified atom stereocenters. The Labute approximate surface area is 147 Å². The molecule has 8 heteroatoms. The number of rotatable bonds is 5. The highest BCUT2D eigenvalue weighted by Crippen LogP contribution is 2.18. The van der Waals surface area contributed by atoms with Crippen molar-refractivity contribution in [3.63, 3.8) is 0 Å². The summed E-state index contributed by atoms with van der Waals surface area (Å²) < 4.78 is 1.72. The van der Waals surface area contributed by atoms with E-state index in [1.54, 1.807) is 6.07 Å². The Morgan fingerprint density at radius 2 is 2.19 bits per heavy atom. The van der Waals surface area contributed by atoms with E-state index in [0.717, 1.165) is 8.04 Å². The van der Waals surface area contributed by atoms with Crippen LogP contribution in [-0.2, 0) is 6.42 Å². The number of carbonyl (C=O) groups excluding carboxylic acids is 1. The quantitative estimate of drug-likeness (QED) is 0.644. The Morgan fingerprint density at radius 1 is 1.43 bits per heavy atom. The maximum atomic E-state index is 12.1. The van der Waals surface area contributed by atoms with E-state index in [9.17, 15) is 9.59 Å². The van der Waals surface area contributed by atoms with Crippen molar-refractivity contribution in [3.8, 4) is 0 Å². The molecule has 21 heavy (non-hydrogen) atoms. The Hall–Kier alpha value is -1.000. The zero-order valence-electron chi connectivity index (χ0n) is 10.6. The van der Waals surface area contributed by atoms with E-state index < -0.39 is 5.97 Å². The Kier molecular flexibility index (Phi) is 5.71. The highest BCUT2D eigenvalue weighted by atomic mass is 127. The first-order valence-corrected chi connectivity index (χ1v) is 8.63. The van der Waals surface area contributed by atoms with Gasteiger partial charge in [-0.15, -0.1) is 11.3 Å². The number of hydrogen-bond acceptors (Lipinski definition) is 4. The maximum Gasteiger partial charge on any atom is 0.355 e. The predicted octanol–water partition coefficient (Wildman–Crippen LogP) is 3.18. The van der Waals surface area contributed by atoms with Crippen LogP contribution in [-0.4, -0.2) is 28.5 Å². The number of thiazole rings is 1. The van der Waals surface area contributed by atoms with E-state index in [2.05, 4.69) is 48.8 Å². The van der Waals surface area contributed by atoms with Gasteiger partial charge in [0.05, 0.1) is 10.6 Å². The van der Waals surface area contributed by atoms with Crippen LogP contribution in [0.15, 0.2) is 28.1 Å². The second kappa shape index (κ2) is 7.32. The Morgan fingerprint density at radius 3 is 2.86 bits per heavy atom. The molecule has 0 atom stereocenters. The number of carboxylic acid groups (broad SMARTS) is 1. The van der Waals surface area contributed by atoms with Crippen molar-refractivity contribution in [1.82, 2.24) is 10.3 Å². The first-order chi connectivity index (χ1) is 9.97. The number of aromatic nitrogens is 1. The number of aromatic carboxylic acids is 1. The average molecular weight is 481 g/mol. The molecule has 0 bridgehead atoms. The topological polar surface area (TPSA) is 79.3 Å². The molecule has 1 heterocycles. The molecule has 2 rings (SSSR count). The highest BCUT2D eigenvalue weighted by Gasteiger charge is 2.11. The van der Waals surface area contributed by atoms with Gasteiger partial charge in [-0.3, -0.25) is 4.79 Å². The van der Waals surface area contributed by atoms with E-state index in [0.29, 0.717) is 23.5 Å². The average Bonchev–Trinajstić information content (AvgIpc) is 2.90. The molecule has 1 aromatic carbocycles. The number of benzene rings is 1. The normalized spacial score (nSPS) is 10.4. The lowest BCUT2D eigenvalue weighted by Crippen LogP contribution is -2.26. The molecule has 2 aromatic rings. The Balaban J connectivity index is 1.92. The van der Waals surface area contributed by atoms with Crippen molar-refractivity contribution < 1.29 is 14.7 Å². The second-order valence-corrected chi connectivity index (χ2v) is 7.08. The number of carbonyl (C=O) groups is 2. The summed E-state index contributed by atoms with van der Waals surface area (Å²) in [5.74, 6) is -1.19. The summed E-state index contributed by atoms with van der Waals surface area (Å²) in [4.78, 5) is 26.8. The van der Waals surface area contributed by atoms with Crippen LogP contribution in [0.3, 0.4) is 0 Å². The van der Waals surface area contributed by atoms with Crippen molar-refractivity contribution in [2.45, 2.75) is 6.42 Å². The lowest BCUT2D eigenvalue weighted by atomic mass is 10.2. The third kappa shape index (κ3) is 4.48. The summed E-state index contributed by atoms with van der Waals surface area (Å²) in [6, 6.07) is 5.50. The number of hydrogen-bond donors (Lipinski definition) is 2. The summed E-state index contributed by atoms with van der Waals surface area (Å²) in [6.07, 6.45) is 0.508. The van der Waals surface area contributed by atoms with Crippen LogP contribution < -0.4 is 5.32 Å². The van der Waals surface area contributed by atoms with Gasteiger partial charge in [-0.05, 0) is 40.8 Å². The van der Waals surface area contributed by atoms with Gasteiger partial charge in [0, 0.05) is 26.4 Å². The molecule has 1 aromatic heterocycles. The minimum atomic E-state index is -1.04. The number of halogens is 2. The fraction of sp³-hybridized carbons (Fsp3) is 0.154. The third-order valence-electron chi connectivity index (χ3n) is 2.57. The zero-order chi connectivity index (χ0) is 15.4. The molecule has 0 fully saturated rings. The molecule has 0 aliphatic rings. The van der Waals surface area contributed by atoms with E-state index in [-0.39, 0.29) is 11.6 Å². The van der Waals surface area contributed by atoms with Crippen LogP contribution in [0.4, 0.5) is 0 Å². The van der Waals surface area contributed by atoms with Crippen molar-refractivity contribution >= 4 is 61.7 Å². The van der Waals surface area contributed by atoms with Gasteiger partial charge in [0.25, 0.3) is 5.91 Å². The van der Waals surface area contributed by atoms with Crippen LogP contribution in [0.25, 0.3) is 0 Å². The van der Waals surface area contributed by atoms with Gasteiger partial charge in [0.2, 0.25) is 0 Å². The van der Waals surface area contributed by atoms with Gasteiger partial charge in [-0.2, -0.15) is 0 Å². The molecule has 2 N–H and O–H groups in total. The molecule has 0 spiro atoms. The van der Waals surface area contributed by atoms with Gasteiger partial charge in [0.1, 0.15) is 0 Å². The van der Waals surface area contributed by atoms with Gasteiger partial charge < -0.3 is 10.4 Å². The van der Waals surface area contributed by atoms with E-state index in [1.807, 2.05) is 12.1 Å². The molecule has 1 amide bonds.